The van der Waals surface area contributed by atoms with Crippen LogP contribution in [-0.2, 0) is 26.2 Å². The second-order valence-corrected chi connectivity index (χ2v) is 15.3. The van der Waals surface area contributed by atoms with E-state index in [1.807, 2.05) is 20.8 Å². The van der Waals surface area contributed by atoms with E-state index in [9.17, 15) is 19.2 Å². The Bertz CT molecular complexity index is 1960. The van der Waals surface area contributed by atoms with Gasteiger partial charge in [0.1, 0.15) is 5.60 Å². The Hall–Kier alpha value is -4.83. The number of halogens is 2. The lowest BCUT2D eigenvalue weighted by Crippen LogP contribution is -2.43. The maximum atomic E-state index is 13.6. The van der Waals surface area contributed by atoms with Gasteiger partial charge in [-0.15, -0.1) is 0 Å². The average Bonchev–Trinajstić information content (AvgIpc) is 3.13. The van der Waals surface area contributed by atoms with Gasteiger partial charge in [-0.25, -0.2) is 14.4 Å². The Labute approximate surface area is 333 Å². The van der Waals surface area contributed by atoms with Crippen LogP contribution in [0, 0.1) is 6.92 Å². The lowest BCUT2D eigenvalue weighted by molar-refractivity contribution is -0.134. The predicted octanol–water partition coefficient (Wildman–Crippen LogP) is 9.64. The Morgan fingerprint density at radius 1 is 0.818 bits per heavy atom. The van der Waals surface area contributed by atoms with E-state index in [1.165, 1.54) is 18.1 Å². The van der Waals surface area contributed by atoms with Crippen molar-refractivity contribution in [2.45, 2.75) is 77.7 Å². The van der Waals surface area contributed by atoms with Gasteiger partial charge in [-0.3, -0.25) is 9.78 Å². The molecule has 0 radical (unpaired) electrons. The first-order valence-corrected chi connectivity index (χ1v) is 19.0. The standard InChI is InChI=1S/C40H44Cl2N2O3.C4H4O4/c1-27-34(38(46)47-39(3,4)5)36(31-19-14-20-32(41)37(31)42)35(28(2)45)33(43-27)21-12-13-24-44-25-22-40(23-26-44,29-15-8-6-9-16-29)30-17-10-7-11-18-30;5-3(6)1-2-4(7)8/h6-11,14-20H,12-13,21-26H2,1-5H3;1-2H,(H,5,6)(H,7,8)/b;2-1+. The molecule has 0 bridgehead atoms. The minimum Gasteiger partial charge on any atom is -0.478 e. The second-order valence-electron chi connectivity index (χ2n) is 14.6. The third-order valence-corrected chi connectivity index (χ3v) is 10.3. The SMILES string of the molecule is CC(=O)c1c(CCCCN2CCC(c3ccccc3)(c3ccccc3)CC2)nc(C)c(C(=O)OC(C)(C)C)c1-c1cccc(Cl)c1Cl.O=C(O)/C=C/C(=O)O. The molecular weight excluding hydrogens is 739 g/mol. The highest BCUT2D eigenvalue weighted by Gasteiger charge is 2.37. The molecule has 1 saturated heterocycles. The highest BCUT2D eigenvalue weighted by atomic mass is 35.5. The number of ketones is 1. The largest absolute Gasteiger partial charge is 0.478 e. The van der Waals surface area contributed by atoms with Crippen molar-refractivity contribution in [3.8, 4) is 11.1 Å². The average molecular weight is 788 g/mol. The Balaban J connectivity index is 0.000000757. The van der Waals surface area contributed by atoms with Crippen LogP contribution < -0.4 is 0 Å². The number of aryl methyl sites for hydroxylation is 2. The summed E-state index contributed by atoms with van der Waals surface area (Å²) in [5.74, 6) is -3.24. The Kier molecular flexibility index (Phi) is 14.9. The molecule has 11 heteroatoms. The zero-order chi connectivity index (χ0) is 40.3. The van der Waals surface area contributed by atoms with Crippen molar-refractivity contribution < 1.29 is 34.1 Å². The van der Waals surface area contributed by atoms with Gasteiger partial charge in [0.2, 0.25) is 0 Å². The molecule has 9 nitrogen and oxygen atoms in total. The van der Waals surface area contributed by atoms with E-state index < -0.39 is 23.5 Å². The number of rotatable bonds is 12. The molecule has 1 aliphatic rings. The van der Waals surface area contributed by atoms with E-state index in [-0.39, 0.29) is 21.8 Å². The molecule has 2 N–H and O–H groups in total. The number of carbonyl (C=O) groups is 4. The molecule has 4 aromatic rings. The summed E-state index contributed by atoms with van der Waals surface area (Å²) in [7, 11) is 0. The molecule has 5 rings (SSSR count). The Morgan fingerprint density at radius 2 is 1.36 bits per heavy atom. The lowest BCUT2D eigenvalue weighted by Gasteiger charge is -2.43. The fourth-order valence-corrected chi connectivity index (χ4v) is 7.45. The van der Waals surface area contributed by atoms with Crippen molar-refractivity contribution >= 4 is 46.9 Å². The van der Waals surface area contributed by atoms with Gasteiger partial charge in [0.05, 0.1) is 27.0 Å². The van der Waals surface area contributed by atoms with Gasteiger partial charge in [-0.1, -0.05) is 96.0 Å². The van der Waals surface area contributed by atoms with Crippen molar-refractivity contribution in [3.05, 3.63) is 135 Å². The molecule has 0 unspecified atom stereocenters. The van der Waals surface area contributed by atoms with Crippen molar-refractivity contribution in [1.29, 1.82) is 0 Å². The van der Waals surface area contributed by atoms with Crippen LogP contribution in [0.4, 0.5) is 0 Å². The zero-order valence-corrected chi connectivity index (χ0v) is 33.4. The van der Waals surface area contributed by atoms with Gasteiger partial charge in [-0.2, -0.15) is 0 Å². The van der Waals surface area contributed by atoms with Crippen molar-refractivity contribution in [2.75, 3.05) is 19.6 Å². The number of hydrogen-bond donors (Lipinski definition) is 2. The van der Waals surface area contributed by atoms with E-state index in [1.54, 1.807) is 25.1 Å². The number of carbonyl (C=O) groups excluding carboxylic acids is 2. The number of aliphatic carboxylic acids is 2. The van der Waals surface area contributed by atoms with Crippen LogP contribution in [0.1, 0.15) is 96.6 Å². The molecule has 3 aromatic carbocycles. The topological polar surface area (TPSA) is 134 Å². The van der Waals surface area contributed by atoms with Crippen molar-refractivity contribution in [1.82, 2.24) is 9.88 Å². The van der Waals surface area contributed by atoms with Gasteiger partial charge < -0.3 is 19.8 Å². The predicted molar refractivity (Wildman–Crippen MR) is 216 cm³/mol. The Morgan fingerprint density at radius 3 is 1.85 bits per heavy atom. The summed E-state index contributed by atoms with van der Waals surface area (Å²) in [6.45, 7) is 11.7. The molecule has 0 atom stereocenters. The number of esters is 1. The number of piperidine rings is 1. The van der Waals surface area contributed by atoms with Crippen molar-refractivity contribution in [2.24, 2.45) is 0 Å². The summed E-state index contributed by atoms with van der Waals surface area (Å²) in [6, 6.07) is 27.1. The third kappa shape index (κ3) is 11.4. The quantitative estimate of drug-likeness (QED) is 0.0623. The van der Waals surface area contributed by atoms with E-state index in [0.717, 1.165) is 45.3 Å². The fraction of sp³-hybridized carbons (Fsp3) is 0.341. The number of carboxylic acids is 2. The molecule has 0 saturated carbocycles. The first-order chi connectivity index (χ1) is 26.0. The number of aromatic nitrogens is 1. The number of pyridine rings is 1. The maximum Gasteiger partial charge on any atom is 0.341 e. The van der Waals surface area contributed by atoms with E-state index >= 15 is 0 Å². The molecule has 290 valence electrons. The summed E-state index contributed by atoms with van der Waals surface area (Å²) >= 11 is 13.1. The molecular formula is C44H48Cl2N2O7. The minimum absolute atomic E-state index is 0.0186. The minimum atomic E-state index is -1.26. The van der Waals surface area contributed by atoms with Crippen LogP contribution >= 0.6 is 23.2 Å². The summed E-state index contributed by atoms with van der Waals surface area (Å²) in [6.07, 6.45) is 5.65. The second kappa shape index (κ2) is 19.2. The number of benzene rings is 3. The number of hydrogen-bond acceptors (Lipinski definition) is 7. The third-order valence-electron chi connectivity index (χ3n) is 9.50. The smallest absolute Gasteiger partial charge is 0.341 e. The first kappa shape index (κ1) is 42.9. The van der Waals surface area contributed by atoms with Gasteiger partial charge in [-0.05, 0) is 104 Å². The molecule has 0 amide bonds. The van der Waals surface area contributed by atoms with E-state index in [2.05, 4.69) is 65.6 Å². The van der Waals surface area contributed by atoms with Gasteiger partial charge >= 0.3 is 17.9 Å². The van der Waals surface area contributed by atoms with Crippen LogP contribution in [-0.4, -0.2) is 69.0 Å². The number of carboxylic acid groups (broad SMARTS) is 2. The van der Waals surface area contributed by atoms with Crippen LogP contribution in [0.2, 0.25) is 10.0 Å². The first-order valence-electron chi connectivity index (χ1n) is 18.2. The summed E-state index contributed by atoms with van der Waals surface area (Å²) in [5, 5.41) is 16.2. The van der Waals surface area contributed by atoms with Gasteiger partial charge in [0.25, 0.3) is 0 Å². The van der Waals surface area contributed by atoms with E-state index in [0.29, 0.717) is 51.7 Å². The number of nitrogens with zero attached hydrogens (tertiary/aromatic N) is 2. The summed E-state index contributed by atoms with van der Waals surface area (Å²) in [4.78, 5) is 53.4. The summed E-state index contributed by atoms with van der Waals surface area (Å²) in [5.41, 5.74) is 4.82. The maximum absolute atomic E-state index is 13.6. The summed E-state index contributed by atoms with van der Waals surface area (Å²) < 4.78 is 5.78. The van der Waals surface area contributed by atoms with Crippen LogP contribution in [0.5, 0.6) is 0 Å². The molecule has 0 spiro atoms. The lowest BCUT2D eigenvalue weighted by atomic mass is 9.68. The normalized spacial score (nSPS) is 14.2. The molecule has 1 aromatic heterocycles. The highest BCUT2D eigenvalue weighted by molar-refractivity contribution is 6.44. The highest BCUT2D eigenvalue weighted by Crippen LogP contribution is 2.42. The number of Topliss-reactive ketones (excluding diaryl/α,β-unsaturated/α-hetero) is 1. The van der Waals surface area contributed by atoms with Crippen molar-refractivity contribution in [3.63, 3.8) is 0 Å². The molecule has 55 heavy (non-hydrogen) atoms. The zero-order valence-electron chi connectivity index (χ0n) is 31.9. The van der Waals surface area contributed by atoms with Crippen LogP contribution in [0.3, 0.4) is 0 Å². The number of ether oxygens (including phenoxy) is 1. The van der Waals surface area contributed by atoms with Crippen LogP contribution in [0.15, 0.2) is 91.0 Å². The molecule has 1 fully saturated rings. The van der Waals surface area contributed by atoms with Gasteiger partial charge in [0, 0.05) is 34.3 Å². The molecule has 0 aliphatic carbocycles. The number of likely N-dealkylation sites (tertiary alicyclic amines) is 1. The number of unbranched alkanes of at least 4 members (excludes halogenated alkanes) is 1. The van der Waals surface area contributed by atoms with Gasteiger partial charge in [0.15, 0.2) is 5.78 Å². The fourth-order valence-electron chi connectivity index (χ4n) is 7.06. The molecule has 2 heterocycles. The van der Waals surface area contributed by atoms with Crippen LogP contribution in [0.25, 0.3) is 11.1 Å². The molecule has 1 aliphatic heterocycles. The van der Waals surface area contributed by atoms with E-state index in [4.69, 9.17) is 43.1 Å². The monoisotopic (exact) mass is 786 g/mol.